The van der Waals surface area contributed by atoms with Crippen molar-refractivity contribution in [2.45, 2.75) is 27.2 Å². The van der Waals surface area contributed by atoms with Gasteiger partial charge in [-0.15, -0.1) is 0 Å². The summed E-state index contributed by atoms with van der Waals surface area (Å²) in [5.74, 6) is 0. The SMILES string of the molecule is C.CCC1(CCNC)CNC1. The molecule has 1 heterocycles. The maximum atomic E-state index is 3.33. The van der Waals surface area contributed by atoms with E-state index < -0.39 is 0 Å². The molecule has 0 spiro atoms. The molecule has 0 aromatic heterocycles. The lowest BCUT2D eigenvalue weighted by atomic mass is 9.76. The minimum absolute atomic E-state index is 0. The topological polar surface area (TPSA) is 24.1 Å². The number of nitrogens with one attached hydrogen (secondary N) is 2. The van der Waals surface area contributed by atoms with E-state index >= 15 is 0 Å². The third-order valence-electron chi connectivity index (χ3n) is 2.66. The third kappa shape index (κ3) is 2.46. The Morgan fingerprint density at radius 3 is 2.36 bits per heavy atom. The van der Waals surface area contributed by atoms with Crippen LogP contribution in [0.1, 0.15) is 27.2 Å². The van der Waals surface area contributed by atoms with Gasteiger partial charge in [-0.3, -0.25) is 0 Å². The Bertz CT molecular complexity index is 92.2. The summed E-state index contributed by atoms with van der Waals surface area (Å²) < 4.78 is 0. The first-order valence-electron chi connectivity index (χ1n) is 4.18. The minimum Gasteiger partial charge on any atom is -0.320 e. The van der Waals surface area contributed by atoms with Gasteiger partial charge in [0.05, 0.1) is 0 Å². The summed E-state index contributed by atoms with van der Waals surface area (Å²) in [6.07, 6.45) is 2.65. The van der Waals surface area contributed by atoms with Crippen molar-refractivity contribution in [1.82, 2.24) is 10.6 Å². The molecule has 11 heavy (non-hydrogen) atoms. The molecule has 1 aliphatic rings. The molecule has 0 aromatic carbocycles. The van der Waals surface area contributed by atoms with Crippen LogP contribution >= 0.6 is 0 Å². The summed E-state index contributed by atoms with van der Waals surface area (Å²) in [4.78, 5) is 0. The van der Waals surface area contributed by atoms with Crippen LogP contribution in [0.25, 0.3) is 0 Å². The molecule has 2 heteroatoms. The predicted octanol–water partition coefficient (Wildman–Crippen LogP) is 1.23. The highest BCUT2D eigenvalue weighted by molar-refractivity contribution is 4.91. The molecule has 0 radical (unpaired) electrons. The first-order valence-corrected chi connectivity index (χ1v) is 4.18. The zero-order valence-corrected chi connectivity index (χ0v) is 7.04. The molecule has 0 bridgehead atoms. The molecule has 0 atom stereocenters. The van der Waals surface area contributed by atoms with Gasteiger partial charge < -0.3 is 10.6 Å². The maximum Gasteiger partial charge on any atom is 0.00206 e. The summed E-state index contributed by atoms with van der Waals surface area (Å²) in [6.45, 7) is 5.91. The van der Waals surface area contributed by atoms with Crippen molar-refractivity contribution >= 4 is 0 Å². The molecule has 0 saturated carbocycles. The van der Waals surface area contributed by atoms with Crippen LogP contribution in [0, 0.1) is 5.41 Å². The van der Waals surface area contributed by atoms with E-state index in [4.69, 9.17) is 0 Å². The Hall–Kier alpha value is -0.0800. The lowest BCUT2D eigenvalue weighted by Crippen LogP contribution is -2.53. The van der Waals surface area contributed by atoms with E-state index in [1.54, 1.807) is 0 Å². The zero-order chi connectivity index (χ0) is 7.45. The largest absolute Gasteiger partial charge is 0.320 e. The molecule has 0 unspecified atom stereocenters. The molecule has 0 amide bonds. The van der Waals surface area contributed by atoms with Crippen molar-refractivity contribution in [3.8, 4) is 0 Å². The summed E-state index contributed by atoms with van der Waals surface area (Å²) in [5.41, 5.74) is 0.642. The molecule has 1 aliphatic heterocycles. The molecule has 0 aromatic rings. The summed E-state index contributed by atoms with van der Waals surface area (Å²) >= 11 is 0. The van der Waals surface area contributed by atoms with Crippen molar-refractivity contribution < 1.29 is 0 Å². The molecule has 68 valence electrons. The van der Waals surface area contributed by atoms with Crippen LogP contribution in [0.3, 0.4) is 0 Å². The van der Waals surface area contributed by atoms with Crippen LogP contribution in [0.4, 0.5) is 0 Å². The Balaban J connectivity index is 0.000001000. The highest BCUT2D eigenvalue weighted by Crippen LogP contribution is 2.29. The lowest BCUT2D eigenvalue weighted by Gasteiger charge is -2.42. The fourth-order valence-corrected chi connectivity index (χ4v) is 1.47. The van der Waals surface area contributed by atoms with E-state index in [1.165, 1.54) is 25.9 Å². The van der Waals surface area contributed by atoms with Gasteiger partial charge in [-0.1, -0.05) is 14.4 Å². The standard InChI is InChI=1S/C8H18N2.CH4/c1-3-8(4-5-9-2)6-10-7-8;/h9-10H,3-7H2,1-2H3;1H4. The normalized spacial score (nSPS) is 20.2. The van der Waals surface area contributed by atoms with Gasteiger partial charge >= 0.3 is 0 Å². The molecule has 2 nitrogen and oxygen atoms in total. The van der Waals surface area contributed by atoms with Crippen LogP contribution in [0.5, 0.6) is 0 Å². The van der Waals surface area contributed by atoms with Crippen molar-refractivity contribution in [2.24, 2.45) is 5.41 Å². The van der Waals surface area contributed by atoms with Gasteiger partial charge in [0.2, 0.25) is 0 Å². The van der Waals surface area contributed by atoms with E-state index in [0.717, 1.165) is 6.54 Å². The first kappa shape index (κ1) is 10.9. The monoisotopic (exact) mass is 158 g/mol. The predicted molar refractivity (Wildman–Crippen MR) is 50.9 cm³/mol. The Morgan fingerprint density at radius 1 is 1.45 bits per heavy atom. The van der Waals surface area contributed by atoms with Crippen molar-refractivity contribution in [3.63, 3.8) is 0 Å². The lowest BCUT2D eigenvalue weighted by molar-refractivity contribution is 0.146. The fourth-order valence-electron chi connectivity index (χ4n) is 1.47. The van der Waals surface area contributed by atoms with Crippen molar-refractivity contribution in [2.75, 3.05) is 26.7 Å². The summed E-state index contributed by atoms with van der Waals surface area (Å²) in [5, 5.41) is 6.53. The van der Waals surface area contributed by atoms with Crippen LogP contribution in [-0.4, -0.2) is 26.7 Å². The van der Waals surface area contributed by atoms with Gasteiger partial charge in [0.1, 0.15) is 0 Å². The second-order valence-corrected chi connectivity index (χ2v) is 3.31. The van der Waals surface area contributed by atoms with Gasteiger partial charge in [0.25, 0.3) is 0 Å². The number of rotatable bonds is 4. The van der Waals surface area contributed by atoms with Gasteiger partial charge in [-0.2, -0.15) is 0 Å². The molecule has 2 N–H and O–H groups in total. The zero-order valence-electron chi connectivity index (χ0n) is 7.04. The highest BCUT2D eigenvalue weighted by Gasteiger charge is 2.33. The van der Waals surface area contributed by atoms with Gasteiger partial charge in [-0.05, 0) is 31.8 Å². The molecule has 1 fully saturated rings. The van der Waals surface area contributed by atoms with E-state index in [-0.39, 0.29) is 7.43 Å². The van der Waals surface area contributed by atoms with Gasteiger partial charge in [-0.25, -0.2) is 0 Å². The van der Waals surface area contributed by atoms with Gasteiger partial charge in [0, 0.05) is 13.1 Å². The average Bonchev–Trinajstić information content (AvgIpc) is 1.87. The van der Waals surface area contributed by atoms with E-state index in [1.807, 2.05) is 7.05 Å². The van der Waals surface area contributed by atoms with Gasteiger partial charge in [0.15, 0.2) is 0 Å². The molecule has 0 aliphatic carbocycles. The Morgan fingerprint density at radius 2 is 2.09 bits per heavy atom. The van der Waals surface area contributed by atoms with Crippen molar-refractivity contribution in [1.29, 1.82) is 0 Å². The van der Waals surface area contributed by atoms with Crippen molar-refractivity contribution in [3.05, 3.63) is 0 Å². The fraction of sp³-hybridized carbons (Fsp3) is 1.00. The number of hydrogen-bond acceptors (Lipinski definition) is 2. The van der Waals surface area contributed by atoms with E-state index in [9.17, 15) is 0 Å². The number of hydrogen-bond donors (Lipinski definition) is 2. The molecular weight excluding hydrogens is 136 g/mol. The molecular formula is C9H22N2. The minimum atomic E-state index is 0. The van der Waals surface area contributed by atoms with Crippen LogP contribution in [0.2, 0.25) is 0 Å². The Kier molecular flexibility index (Phi) is 4.69. The van der Waals surface area contributed by atoms with Crippen LogP contribution in [0.15, 0.2) is 0 Å². The maximum absolute atomic E-state index is 3.33. The van der Waals surface area contributed by atoms with Crippen LogP contribution in [-0.2, 0) is 0 Å². The summed E-state index contributed by atoms with van der Waals surface area (Å²) in [6, 6.07) is 0. The summed E-state index contributed by atoms with van der Waals surface area (Å²) in [7, 11) is 2.02. The second kappa shape index (κ2) is 4.73. The molecule has 1 saturated heterocycles. The van der Waals surface area contributed by atoms with E-state index in [2.05, 4.69) is 17.6 Å². The highest BCUT2D eigenvalue weighted by atomic mass is 15.0. The second-order valence-electron chi connectivity index (χ2n) is 3.31. The smallest absolute Gasteiger partial charge is 0.00206 e. The van der Waals surface area contributed by atoms with E-state index in [0.29, 0.717) is 5.41 Å². The molecule has 1 rings (SSSR count). The Labute approximate surface area is 70.8 Å². The quantitative estimate of drug-likeness (QED) is 0.643. The van der Waals surface area contributed by atoms with Crippen LogP contribution < -0.4 is 10.6 Å². The third-order valence-corrected chi connectivity index (χ3v) is 2.66. The average molecular weight is 158 g/mol. The first-order chi connectivity index (χ1) is 4.83.